The second kappa shape index (κ2) is 9.33. The predicted molar refractivity (Wildman–Crippen MR) is 131 cm³/mol. The van der Waals surface area contributed by atoms with E-state index >= 15 is 0 Å². The van der Waals surface area contributed by atoms with Crippen LogP contribution in [0.5, 0.6) is 0 Å². The molecule has 2 aliphatic rings. The molecule has 6 nitrogen and oxygen atoms in total. The topological polar surface area (TPSA) is 58.6 Å². The van der Waals surface area contributed by atoms with Crippen molar-refractivity contribution in [2.45, 2.75) is 51.0 Å². The normalized spacial score (nSPS) is 18.6. The fraction of sp³-hybridized carbons (Fsp3) is 0.393. The average molecular weight is 493 g/mol. The molecule has 1 spiro atoms. The molecule has 1 fully saturated rings. The van der Waals surface area contributed by atoms with Crippen LogP contribution in [0.15, 0.2) is 55.0 Å². The number of piperidine rings is 1. The molecule has 4 heterocycles. The van der Waals surface area contributed by atoms with Crippen LogP contribution in [0.25, 0.3) is 0 Å². The minimum absolute atomic E-state index is 0.207. The van der Waals surface area contributed by atoms with Gasteiger partial charge in [0, 0.05) is 57.8 Å². The van der Waals surface area contributed by atoms with Crippen molar-refractivity contribution in [1.29, 1.82) is 0 Å². The highest BCUT2D eigenvalue weighted by Gasteiger charge is 2.43. The van der Waals surface area contributed by atoms with Crippen molar-refractivity contribution in [1.82, 2.24) is 19.8 Å². The van der Waals surface area contributed by atoms with Gasteiger partial charge in [-0.15, -0.1) is 0 Å². The smallest absolute Gasteiger partial charge is 0.220 e. The molecule has 188 valence electrons. The Morgan fingerprint density at radius 1 is 1.14 bits per heavy atom. The summed E-state index contributed by atoms with van der Waals surface area (Å²) in [4.78, 5) is 25.2. The van der Waals surface area contributed by atoms with Gasteiger partial charge in [0.25, 0.3) is 0 Å². The van der Waals surface area contributed by atoms with Crippen LogP contribution < -0.4 is 0 Å². The number of fused-ring (bicyclic) bond motifs is 2. The first-order chi connectivity index (χ1) is 17.2. The fourth-order valence-corrected chi connectivity index (χ4v) is 5.43. The number of rotatable bonds is 5. The molecule has 1 atom stereocenters. The maximum atomic E-state index is 14.1. The Morgan fingerprint density at radius 3 is 2.58 bits per heavy atom. The van der Waals surface area contributed by atoms with Gasteiger partial charge < -0.3 is 9.64 Å². The second-order valence-electron chi connectivity index (χ2n) is 9.92. The number of aromatic nitrogens is 2. The van der Waals surface area contributed by atoms with E-state index < -0.39 is 17.2 Å². The Kier molecular flexibility index (Phi) is 6.34. The summed E-state index contributed by atoms with van der Waals surface area (Å²) in [6.45, 7) is 6.42. The van der Waals surface area contributed by atoms with Gasteiger partial charge in [-0.1, -0.05) is 12.1 Å². The van der Waals surface area contributed by atoms with Crippen molar-refractivity contribution in [2.24, 2.45) is 0 Å². The van der Waals surface area contributed by atoms with E-state index in [1.54, 1.807) is 20.2 Å². The van der Waals surface area contributed by atoms with E-state index in [4.69, 9.17) is 4.74 Å². The minimum Gasteiger partial charge on any atom is -0.365 e. The van der Waals surface area contributed by atoms with Gasteiger partial charge >= 0.3 is 0 Å². The van der Waals surface area contributed by atoms with Crippen LogP contribution in [0.2, 0.25) is 0 Å². The summed E-state index contributed by atoms with van der Waals surface area (Å²) in [5, 5.41) is 0. The zero-order chi connectivity index (χ0) is 25.5. The molecule has 8 heteroatoms. The average Bonchev–Trinajstić information content (AvgIpc) is 3.24. The molecule has 5 rings (SSSR count). The first kappa shape index (κ1) is 24.5. The van der Waals surface area contributed by atoms with Crippen molar-refractivity contribution in [3.05, 3.63) is 94.6 Å². The molecule has 1 saturated heterocycles. The van der Waals surface area contributed by atoms with E-state index in [1.165, 1.54) is 29.0 Å². The lowest BCUT2D eigenvalue weighted by atomic mass is 9.84. The number of pyridine rings is 2. The van der Waals surface area contributed by atoms with Gasteiger partial charge in [0.15, 0.2) is 11.6 Å². The number of amides is 1. The Hall–Kier alpha value is -3.23. The number of carbonyl (C=O) groups is 1. The van der Waals surface area contributed by atoms with Gasteiger partial charge in [-0.05, 0) is 60.7 Å². The molecule has 0 N–H and O–H groups in total. The van der Waals surface area contributed by atoms with E-state index in [2.05, 4.69) is 14.9 Å². The number of hydrogen-bond donors (Lipinski definition) is 0. The van der Waals surface area contributed by atoms with Crippen LogP contribution in [0.3, 0.4) is 0 Å². The minimum atomic E-state index is -1.06. The lowest BCUT2D eigenvalue weighted by Gasteiger charge is -2.39. The summed E-state index contributed by atoms with van der Waals surface area (Å²) < 4.78 is 33.9. The SMILES string of the molecule is CC(=O)N(C)[C@@](C)(c1ccc(F)c(F)c1)c1ccc(CN2CCC3(CC2)OCc2ccncc23)cn1. The Labute approximate surface area is 209 Å². The van der Waals surface area contributed by atoms with E-state index in [-0.39, 0.29) is 11.5 Å². The van der Waals surface area contributed by atoms with Crippen LogP contribution in [-0.2, 0) is 33.8 Å². The van der Waals surface area contributed by atoms with Gasteiger partial charge in [0.2, 0.25) is 5.91 Å². The van der Waals surface area contributed by atoms with E-state index in [0.717, 1.165) is 50.2 Å². The van der Waals surface area contributed by atoms with E-state index in [0.29, 0.717) is 17.9 Å². The summed E-state index contributed by atoms with van der Waals surface area (Å²) in [6.07, 6.45) is 7.39. The molecule has 0 radical (unpaired) electrons. The highest BCUT2D eigenvalue weighted by atomic mass is 19.2. The summed E-state index contributed by atoms with van der Waals surface area (Å²) in [7, 11) is 1.64. The summed E-state index contributed by atoms with van der Waals surface area (Å²) in [6, 6.07) is 9.61. The summed E-state index contributed by atoms with van der Waals surface area (Å²) in [5.74, 6) is -2.10. The molecule has 0 unspecified atom stereocenters. The Morgan fingerprint density at radius 2 is 1.92 bits per heavy atom. The number of nitrogens with zero attached hydrogens (tertiary/aromatic N) is 4. The highest BCUT2D eigenvalue weighted by Crippen LogP contribution is 2.44. The van der Waals surface area contributed by atoms with Crippen LogP contribution in [0, 0.1) is 11.6 Å². The van der Waals surface area contributed by atoms with Gasteiger partial charge in [-0.2, -0.15) is 0 Å². The number of likely N-dealkylation sites (tertiary alicyclic amines) is 1. The van der Waals surface area contributed by atoms with Gasteiger partial charge in [-0.3, -0.25) is 19.7 Å². The number of halogens is 2. The monoisotopic (exact) mass is 492 g/mol. The number of ether oxygens (including phenoxy) is 1. The lowest BCUT2D eigenvalue weighted by Crippen LogP contribution is -2.45. The maximum Gasteiger partial charge on any atom is 0.220 e. The number of carbonyl (C=O) groups excluding carboxylic acids is 1. The van der Waals surface area contributed by atoms with Crippen LogP contribution >= 0.6 is 0 Å². The quantitative estimate of drug-likeness (QED) is 0.524. The van der Waals surface area contributed by atoms with Crippen LogP contribution in [-0.4, -0.2) is 45.8 Å². The molecule has 2 aromatic heterocycles. The van der Waals surface area contributed by atoms with E-state index in [9.17, 15) is 13.6 Å². The Balaban J connectivity index is 1.32. The second-order valence-corrected chi connectivity index (χ2v) is 9.92. The predicted octanol–water partition coefficient (Wildman–Crippen LogP) is 4.52. The molecule has 1 amide bonds. The number of hydrogen-bond acceptors (Lipinski definition) is 5. The molecule has 0 saturated carbocycles. The van der Waals surface area contributed by atoms with Crippen molar-refractivity contribution in [3.8, 4) is 0 Å². The summed E-state index contributed by atoms with van der Waals surface area (Å²) >= 11 is 0. The molecule has 2 aliphatic heterocycles. The van der Waals surface area contributed by atoms with Crippen LogP contribution in [0.1, 0.15) is 54.6 Å². The molecular formula is C28H30F2N4O2. The lowest BCUT2D eigenvalue weighted by molar-refractivity contribution is -0.131. The first-order valence-electron chi connectivity index (χ1n) is 12.2. The fourth-order valence-electron chi connectivity index (χ4n) is 5.43. The third-order valence-electron chi connectivity index (χ3n) is 7.92. The third-order valence-corrected chi connectivity index (χ3v) is 7.92. The van der Waals surface area contributed by atoms with Gasteiger partial charge in [-0.25, -0.2) is 8.78 Å². The standard InChI is InChI=1S/C28H30F2N4O2/c1-19(35)33(3)27(2,22-5-6-24(29)25(30)14-22)26-7-4-20(15-32-26)17-34-12-9-28(10-13-34)23-16-31-11-8-21(23)18-36-28/h4-8,11,14-16H,9-10,12-13,17-18H2,1-3H3/t27-/m0/s1. The molecule has 3 aromatic rings. The van der Waals surface area contributed by atoms with Crippen LogP contribution in [0.4, 0.5) is 8.78 Å². The van der Waals surface area contributed by atoms with Gasteiger partial charge in [0.05, 0.1) is 17.9 Å². The highest BCUT2D eigenvalue weighted by molar-refractivity contribution is 5.75. The summed E-state index contributed by atoms with van der Waals surface area (Å²) in [5.41, 5.74) is 3.24. The van der Waals surface area contributed by atoms with Crippen molar-refractivity contribution >= 4 is 5.91 Å². The number of benzene rings is 1. The third kappa shape index (κ3) is 4.18. The first-order valence-corrected chi connectivity index (χ1v) is 12.2. The molecule has 0 bridgehead atoms. The van der Waals surface area contributed by atoms with Crippen molar-refractivity contribution in [2.75, 3.05) is 20.1 Å². The molecule has 36 heavy (non-hydrogen) atoms. The van der Waals surface area contributed by atoms with E-state index in [1.807, 2.05) is 30.6 Å². The van der Waals surface area contributed by atoms with Crippen molar-refractivity contribution in [3.63, 3.8) is 0 Å². The Bertz CT molecular complexity index is 1270. The maximum absolute atomic E-state index is 14.1. The molecule has 0 aliphatic carbocycles. The van der Waals surface area contributed by atoms with Crippen molar-refractivity contribution < 1.29 is 18.3 Å². The molecular weight excluding hydrogens is 462 g/mol. The zero-order valence-corrected chi connectivity index (χ0v) is 20.8. The molecule has 1 aromatic carbocycles. The zero-order valence-electron chi connectivity index (χ0n) is 20.8. The van der Waals surface area contributed by atoms with Gasteiger partial charge in [0.1, 0.15) is 5.54 Å². The largest absolute Gasteiger partial charge is 0.365 e.